The van der Waals surface area contributed by atoms with Gasteiger partial charge in [0.2, 0.25) is 0 Å². The van der Waals surface area contributed by atoms with Crippen LogP contribution in [0.5, 0.6) is 11.5 Å². The molecule has 0 unspecified atom stereocenters. The number of ether oxygens (including phenoxy) is 2. The second kappa shape index (κ2) is 10.7. The van der Waals surface area contributed by atoms with E-state index < -0.39 is 0 Å². The zero-order valence-corrected chi connectivity index (χ0v) is 12.5. The molecule has 108 valence electrons. The molecule has 0 saturated heterocycles. The van der Waals surface area contributed by atoms with E-state index in [1.165, 1.54) is 44.9 Å². The van der Waals surface area contributed by atoms with Gasteiger partial charge in [-0.25, -0.2) is 0 Å². The van der Waals surface area contributed by atoms with Crippen LogP contribution in [0.3, 0.4) is 0 Å². The summed E-state index contributed by atoms with van der Waals surface area (Å²) in [7, 11) is 1.68. The first kappa shape index (κ1) is 15.9. The highest BCUT2D eigenvalue weighted by molar-refractivity contribution is 5.31. The highest BCUT2D eigenvalue weighted by Gasteiger charge is 1.96. The summed E-state index contributed by atoms with van der Waals surface area (Å²) in [5.41, 5.74) is 0. The molecule has 0 fully saturated rings. The lowest BCUT2D eigenvalue weighted by Gasteiger charge is -2.07. The largest absolute Gasteiger partial charge is 0.497 e. The summed E-state index contributed by atoms with van der Waals surface area (Å²) in [6, 6.07) is 7.79. The van der Waals surface area contributed by atoms with Gasteiger partial charge in [0.1, 0.15) is 11.5 Å². The Labute approximate surface area is 118 Å². The Morgan fingerprint density at radius 2 is 1.26 bits per heavy atom. The van der Waals surface area contributed by atoms with Crippen LogP contribution < -0.4 is 9.47 Å². The van der Waals surface area contributed by atoms with E-state index in [4.69, 9.17) is 9.47 Å². The van der Waals surface area contributed by atoms with Gasteiger partial charge in [-0.2, -0.15) is 0 Å². The second-order valence-electron chi connectivity index (χ2n) is 5.00. The molecule has 19 heavy (non-hydrogen) atoms. The van der Waals surface area contributed by atoms with Gasteiger partial charge in [0.25, 0.3) is 0 Å². The molecular formula is C17H28O2. The Balaban J connectivity index is 1.95. The van der Waals surface area contributed by atoms with Crippen LogP contribution in [-0.4, -0.2) is 13.7 Å². The van der Waals surface area contributed by atoms with E-state index in [0.29, 0.717) is 0 Å². The smallest absolute Gasteiger partial charge is 0.119 e. The number of methoxy groups -OCH3 is 1. The quantitative estimate of drug-likeness (QED) is 0.510. The topological polar surface area (TPSA) is 18.5 Å². The van der Waals surface area contributed by atoms with Crippen LogP contribution in [0.1, 0.15) is 58.3 Å². The average Bonchev–Trinajstić information content (AvgIpc) is 2.46. The third-order valence-corrected chi connectivity index (χ3v) is 3.33. The maximum Gasteiger partial charge on any atom is 0.119 e. The van der Waals surface area contributed by atoms with Gasteiger partial charge >= 0.3 is 0 Å². The lowest BCUT2D eigenvalue weighted by atomic mass is 10.1. The predicted octanol–water partition coefficient (Wildman–Crippen LogP) is 5.21. The standard InChI is InChI=1S/C17H28O2/c1-3-4-5-6-7-8-9-10-15-19-17-13-11-16(18-2)12-14-17/h11-14H,3-10,15H2,1-2H3. The molecule has 2 heteroatoms. The van der Waals surface area contributed by atoms with Crippen molar-refractivity contribution in [2.75, 3.05) is 13.7 Å². The van der Waals surface area contributed by atoms with Gasteiger partial charge in [0.15, 0.2) is 0 Å². The third kappa shape index (κ3) is 7.76. The van der Waals surface area contributed by atoms with Crippen molar-refractivity contribution in [1.29, 1.82) is 0 Å². The molecule has 2 nitrogen and oxygen atoms in total. The Hall–Kier alpha value is -1.18. The predicted molar refractivity (Wildman–Crippen MR) is 81.1 cm³/mol. The minimum Gasteiger partial charge on any atom is -0.497 e. The van der Waals surface area contributed by atoms with E-state index in [9.17, 15) is 0 Å². The average molecular weight is 264 g/mol. The fraction of sp³-hybridized carbons (Fsp3) is 0.647. The Morgan fingerprint density at radius 3 is 1.84 bits per heavy atom. The van der Waals surface area contributed by atoms with Crippen molar-refractivity contribution < 1.29 is 9.47 Å². The van der Waals surface area contributed by atoms with E-state index in [0.717, 1.165) is 24.5 Å². The van der Waals surface area contributed by atoms with E-state index in [-0.39, 0.29) is 0 Å². The summed E-state index contributed by atoms with van der Waals surface area (Å²) in [6.45, 7) is 3.08. The van der Waals surface area contributed by atoms with E-state index >= 15 is 0 Å². The van der Waals surface area contributed by atoms with Crippen LogP contribution in [0.4, 0.5) is 0 Å². The first-order valence-corrected chi connectivity index (χ1v) is 7.63. The van der Waals surface area contributed by atoms with Gasteiger partial charge in [-0.15, -0.1) is 0 Å². The Bertz CT molecular complexity index is 306. The van der Waals surface area contributed by atoms with Crippen LogP contribution in [0.15, 0.2) is 24.3 Å². The van der Waals surface area contributed by atoms with Gasteiger partial charge in [0, 0.05) is 0 Å². The van der Waals surface area contributed by atoms with Gasteiger partial charge < -0.3 is 9.47 Å². The molecule has 0 atom stereocenters. The maximum atomic E-state index is 5.70. The lowest BCUT2D eigenvalue weighted by molar-refractivity contribution is 0.303. The molecule has 0 aromatic heterocycles. The number of hydrogen-bond acceptors (Lipinski definition) is 2. The fourth-order valence-corrected chi connectivity index (χ4v) is 2.10. The van der Waals surface area contributed by atoms with Crippen LogP contribution in [0.2, 0.25) is 0 Å². The summed E-state index contributed by atoms with van der Waals surface area (Å²) in [5, 5.41) is 0. The van der Waals surface area contributed by atoms with Crippen LogP contribution >= 0.6 is 0 Å². The molecule has 0 spiro atoms. The van der Waals surface area contributed by atoms with Crippen molar-refractivity contribution in [2.45, 2.75) is 58.3 Å². The van der Waals surface area contributed by atoms with Crippen molar-refractivity contribution in [3.05, 3.63) is 24.3 Å². The molecule has 1 aromatic carbocycles. The second-order valence-corrected chi connectivity index (χ2v) is 5.00. The van der Waals surface area contributed by atoms with Gasteiger partial charge in [-0.3, -0.25) is 0 Å². The van der Waals surface area contributed by atoms with E-state index in [1.54, 1.807) is 7.11 Å². The molecule has 0 N–H and O–H groups in total. The number of hydrogen-bond donors (Lipinski definition) is 0. The normalized spacial score (nSPS) is 10.4. The molecule has 0 heterocycles. The van der Waals surface area contributed by atoms with Gasteiger partial charge in [0.05, 0.1) is 13.7 Å². The van der Waals surface area contributed by atoms with Crippen molar-refractivity contribution in [3.8, 4) is 11.5 Å². The van der Waals surface area contributed by atoms with Crippen molar-refractivity contribution in [2.24, 2.45) is 0 Å². The van der Waals surface area contributed by atoms with Crippen molar-refractivity contribution >= 4 is 0 Å². The highest BCUT2D eigenvalue weighted by atomic mass is 16.5. The van der Waals surface area contributed by atoms with Crippen LogP contribution in [-0.2, 0) is 0 Å². The number of rotatable bonds is 11. The summed E-state index contributed by atoms with van der Waals surface area (Å²) in [4.78, 5) is 0. The molecule has 0 aliphatic heterocycles. The highest BCUT2D eigenvalue weighted by Crippen LogP contribution is 2.17. The molecule has 1 aromatic rings. The Morgan fingerprint density at radius 1 is 0.737 bits per heavy atom. The molecule has 1 rings (SSSR count). The Kier molecular flexibility index (Phi) is 8.95. The number of benzene rings is 1. The molecule has 0 saturated carbocycles. The zero-order valence-electron chi connectivity index (χ0n) is 12.5. The zero-order chi connectivity index (χ0) is 13.8. The molecule has 0 aliphatic carbocycles. The molecule has 0 bridgehead atoms. The van der Waals surface area contributed by atoms with Gasteiger partial charge in [-0.1, -0.05) is 51.9 Å². The molecule has 0 aliphatic rings. The minimum atomic E-state index is 0.821. The first-order valence-electron chi connectivity index (χ1n) is 7.63. The van der Waals surface area contributed by atoms with Crippen molar-refractivity contribution in [1.82, 2.24) is 0 Å². The van der Waals surface area contributed by atoms with Crippen molar-refractivity contribution in [3.63, 3.8) is 0 Å². The van der Waals surface area contributed by atoms with E-state index in [1.807, 2.05) is 24.3 Å². The lowest BCUT2D eigenvalue weighted by Crippen LogP contribution is -1.97. The summed E-state index contributed by atoms with van der Waals surface area (Å²) in [6.07, 6.45) is 10.7. The van der Waals surface area contributed by atoms with E-state index in [2.05, 4.69) is 6.92 Å². The molecular weight excluding hydrogens is 236 g/mol. The number of unbranched alkanes of at least 4 members (excludes halogenated alkanes) is 7. The maximum absolute atomic E-state index is 5.70. The summed E-state index contributed by atoms with van der Waals surface area (Å²) in [5.74, 6) is 1.81. The summed E-state index contributed by atoms with van der Waals surface area (Å²) < 4.78 is 10.8. The minimum absolute atomic E-state index is 0.821. The van der Waals surface area contributed by atoms with Crippen LogP contribution in [0.25, 0.3) is 0 Å². The summed E-state index contributed by atoms with van der Waals surface area (Å²) >= 11 is 0. The van der Waals surface area contributed by atoms with Crippen LogP contribution in [0, 0.1) is 0 Å². The third-order valence-electron chi connectivity index (χ3n) is 3.33. The SMILES string of the molecule is CCCCCCCCCCOc1ccc(OC)cc1. The monoisotopic (exact) mass is 264 g/mol. The fourth-order valence-electron chi connectivity index (χ4n) is 2.10. The molecule has 0 amide bonds. The molecule has 0 radical (unpaired) electrons. The van der Waals surface area contributed by atoms with Gasteiger partial charge in [-0.05, 0) is 30.7 Å². The first-order chi connectivity index (χ1) is 9.36.